The van der Waals surface area contributed by atoms with Gasteiger partial charge in [-0.25, -0.2) is 4.39 Å². The van der Waals surface area contributed by atoms with Crippen molar-refractivity contribution in [3.63, 3.8) is 0 Å². The molecule has 0 spiro atoms. The second-order valence-corrected chi connectivity index (χ2v) is 5.99. The number of nitrogens with zero attached hydrogens (tertiary/aromatic N) is 1. The third kappa shape index (κ3) is 4.47. The molecule has 0 bridgehead atoms. The molecule has 1 heterocycles. The van der Waals surface area contributed by atoms with Crippen LogP contribution >= 0.6 is 23.2 Å². The van der Waals surface area contributed by atoms with Crippen LogP contribution in [0.5, 0.6) is 0 Å². The summed E-state index contributed by atoms with van der Waals surface area (Å²) < 4.78 is 13.2. The fourth-order valence-electron chi connectivity index (χ4n) is 2.13. The van der Waals surface area contributed by atoms with Gasteiger partial charge in [-0.1, -0.05) is 29.3 Å². The van der Waals surface area contributed by atoms with Gasteiger partial charge in [-0.3, -0.25) is 9.78 Å². The SMILES string of the molecule is O=C(Nc1cccc(Cl)c1)c1cc(Nc2ccc(F)c(Cl)c2)ccn1. The average molecular weight is 376 g/mol. The predicted octanol–water partition coefficient (Wildman–Crippen LogP) is 5.52. The van der Waals surface area contributed by atoms with Crippen molar-refractivity contribution in [3.05, 3.63) is 82.4 Å². The van der Waals surface area contributed by atoms with Crippen molar-refractivity contribution in [1.82, 2.24) is 4.98 Å². The molecule has 3 rings (SSSR count). The lowest BCUT2D eigenvalue weighted by atomic mass is 10.2. The summed E-state index contributed by atoms with van der Waals surface area (Å²) in [6, 6.07) is 14.4. The van der Waals surface area contributed by atoms with E-state index in [-0.39, 0.29) is 16.6 Å². The normalized spacial score (nSPS) is 10.4. The van der Waals surface area contributed by atoms with Crippen molar-refractivity contribution >= 4 is 46.2 Å². The molecule has 0 aliphatic heterocycles. The van der Waals surface area contributed by atoms with Gasteiger partial charge in [-0.2, -0.15) is 0 Å². The Morgan fingerprint density at radius 3 is 2.52 bits per heavy atom. The van der Waals surface area contributed by atoms with Crippen molar-refractivity contribution < 1.29 is 9.18 Å². The molecule has 0 fully saturated rings. The number of carbonyl (C=O) groups excluding carboxylic acids is 1. The quantitative estimate of drug-likeness (QED) is 0.630. The third-order valence-electron chi connectivity index (χ3n) is 3.28. The molecule has 1 aromatic heterocycles. The topological polar surface area (TPSA) is 54.0 Å². The third-order valence-corrected chi connectivity index (χ3v) is 3.81. The number of aromatic nitrogens is 1. The lowest BCUT2D eigenvalue weighted by molar-refractivity contribution is 0.102. The number of nitrogens with one attached hydrogen (secondary N) is 2. The van der Waals surface area contributed by atoms with E-state index < -0.39 is 5.82 Å². The second kappa shape index (κ2) is 7.51. The van der Waals surface area contributed by atoms with E-state index in [4.69, 9.17) is 23.2 Å². The Hall–Kier alpha value is -2.63. The van der Waals surface area contributed by atoms with Gasteiger partial charge in [0.1, 0.15) is 11.5 Å². The van der Waals surface area contributed by atoms with Crippen LogP contribution in [-0.2, 0) is 0 Å². The smallest absolute Gasteiger partial charge is 0.274 e. The molecule has 0 saturated carbocycles. The molecule has 2 N–H and O–H groups in total. The number of rotatable bonds is 4. The first kappa shape index (κ1) is 17.2. The van der Waals surface area contributed by atoms with Crippen molar-refractivity contribution in [1.29, 1.82) is 0 Å². The summed E-state index contributed by atoms with van der Waals surface area (Å²) in [7, 11) is 0. The summed E-state index contributed by atoms with van der Waals surface area (Å²) in [5.41, 5.74) is 2.01. The highest BCUT2D eigenvalue weighted by molar-refractivity contribution is 6.31. The van der Waals surface area contributed by atoms with Gasteiger partial charge in [0.05, 0.1) is 5.02 Å². The largest absolute Gasteiger partial charge is 0.355 e. The van der Waals surface area contributed by atoms with E-state index in [0.29, 0.717) is 22.1 Å². The fraction of sp³-hybridized carbons (Fsp3) is 0. The van der Waals surface area contributed by atoms with Gasteiger partial charge in [-0.15, -0.1) is 0 Å². The standard InChI is InChI=1S/C18H12Cl2FN3O/c19-11-2-1-3-12(8-11)24-18(25)17-10-14(6-7-22-17)23-13-4-5-16(21)15(20)9-13/h1-10H,(H,22,23)(H,24,25). The van der Waals surface area contributed by atoms with Crippen molar-refractivity contribution in [3.8, 4) is 0 Å². The van der Waals surface area contributed by atoms with E-state index in [1.54, 1.807) is 42.5 Å². The molecule has 0 aliphatic carbocycles. The van der Waals surface area contributed by atoms with E-state index in [2.05, 4.69) is 15.6 Å². The van der Waals surface area contributed by atoms with Crippen LogP contribution in [0.2, 0.25) is 10.0 Å². The number of benzene rings is 2. The number of hydrogen-bond acceptors (Lipinski definition) is 3. The second-order valence-electron chi connectivity index (χ2n) is 5.15. The molecule has 4 nitrogen and oxygen atoms in total. The van der Waals surface area contributed by atoms with Crippen molar-refractivity contribution in [2.45, 2.75) is 0 Å². The highest BCUT2D eigenvalue weighted by Gasteiger charge is 2.09. The van der Waals surface area contributed by atoms with E-state index in [1.165, 1.54) is 18.3 Å². The summed E-state index contributed by atoms with van der Waals surface area (Å²) in [6.45, 7) is 0. The summed E-state index contributed by atoms with van der Waals surface area (Å²) in [4.78, 5) is 16.4. The number of carbonyl (C=O) groups is 1. The average Bonchev–Trinajstić information content (AvgIpc) is 2.58. The predicted molar refractivity (Wildman–Crippen MR) is 98.3 cm³/mol. The highest BCUT2D eigenvalue weighted by atomic mass is 35.5. The lowest BCUT2D eigenvalue weighted by Crippen LogP contribution is -2.13. The summed E-state index contributed by atoms with van der Waals surface area (Å²) in [5, 5.41) is 6.30. The number of anilines is 3. The zero-order chi connectivity index (χ0) is 17.8. The number of amides is 1. The lowest BCUT2D eigenvalue weighted by Gasteiger charge is -2.09. The molecule has 0 unspecified atom stereocenters. The van der Waals surface area contributed by atoms with Crippen LogP contribution in [0.3, 0.4) is 0 Å². The number of pyridine rings is 1. The molecule has 1 amide bonds. The van der Waals surface area contributed by atoms with Crippen molar-refractivity contribution in [2.75, 3.05) is 10.6 Å². The van der Waals surface area contributed by atoms with Crippen molar-refractivity contribution in [2.24, 2.45) is 0 Å². The molecule has 3 aromatic rings. The van der Waals surface area contributed by atoms with Gasteiger partial charge in [-0.05, 0) is 48.5 Å². The van der Waals surface area contributed by atoms with Gasteiger partial charge < -0.3 is 10.6 Å². The fourth-order valence-corrected chi connectivity index (χ4v) is 2.51. The molecule has 7 heteroatoms. The zero-order valence-corrected chi connectivity index (χ0v) is 14.3. The Bertz CT molecular complexity index is 934. The molecule has 0 saturated heterocycles. The van der Waals surface area contributed by atoms with Crippen LogP contribution in [-0.4, -0.2) is 10.9 Å². The summed E-state index contributed by atoms with van der Waals surface area (Å²) in [6.07, 6.45) is 1.50. The van der Waals surface area contributed by atoms with Crippen LogP contribution in [0.4, 0.5) is 21.5 Å². The Morgan fingerprint density at radius 1 is 0.960 bits per heavy atom. The van der Waals surface area contributed by atoms with Crippen LogP contribution in [0.1, 0.15) is 10.5 Å². The van der Waals surface area contributed by atoms with Crippen LogP contribution in [0, 0.1) is 5.82 Å². The first-order valence-corrected chi connectivity index (χ1v) is 8.02. The van der Waals surface area contributed by atoms with E-state index in [1.807, 2.05) is 0 Å². The maximum atomic E-state index is 13.2. The molecular formula is C18H12Cl2FN3O. The van der Waals surface area contributed by atoms with E-state index in [9.17, 15) is 9.18 Å². The van der Waals surface area contributed by atoms with Gasteiger partial charge in [0.2, 0.25) is 0 Å². The molecule has 126 valence electrons. The molecule has 0 radical (unpaired) electrons. The van der Waals surface area contributed by atoms with Gasteiger partial charge in [0, 0.05) is 28.3 Å². The Balaban J connectivity index is 1.76. The van der Waals surface area contributed by atoms with Crippen LogP contribution < -0.4 is 10.6 Å². The molecule has 0 atom stereocenters. The minimum atomic E-state index is -0.497. The minimum absolute atomic E-state index is 0.0120. The number of halogens is 3. The van der Waals surface area contributed by atoms with Gasteiger partial charge in [0.25, 0.3) is 5.91 Å². The minimum Gasteiger partial charge on any atom is -0.355 e. The van der Waals surface area contributed by atoms with Gasteiger partial charge in [0.15, 0.2) is 0 Å². The Kier molecular flexibility index (Phi) is 5.16. The maximum absolute atomic E-state index is 13.2. The molecule has 2 aromatic carbocycles. The maximum Gasteiger partial charge on any atom is 0.274 e. The van der Waals surface area contributed by atoms with Gasteiger partial charge >= 0.3 is 0 Å². The Morgan fingerprint density at radius 2 is 1.76 bits per heavy atom. The van der Waals surface area contributed by atoms with E-state index >= 15 is 0 Å². The highest BCUT2D eigenvalue weighted by Crippen LogP contribution is 2.23. The molecule has 25 heavy (non-hydrogen) atoms. The zero-order valence-electron chi connectivity index (χ0n) is 12.8. The molecular weight excluding hydrogens is 364 g/mol. The summed E-state index contributed by atoms with van der Waals surface area (Å²) in [5.74, 6) is -0.869. The van der Waals surface area contributed by atoms with E-state index in [0.717, 1.165) is 0 Å². The van der Waals surface area contributed by atoms with Crippen LogP contribution in [0.25, 0.3) is 0 Å². The monoisotopic (exact) mass is 375 g/mol. The first-order chi connectivity index (χ1) is 12.0. The van der Waals surface area contributed by atoms with Crippen LogP contribution in [0.15, 0.2) is 60.8 Å². The Labute approximate surface area is 153 Å². The summed E-state index contributed by atoms with van der Waals surface area (Å²) >= 11 is 11.7. The first-order valence-electron chi connectivity index (χ1n) is 7.26. The number of hydrogen-bond donors (Lipinski definition) is 2. The molecule has 0 aliphatic rings.